The molecule has 2 amide bonds. The highest BCUT2D eigenvalue weighted by Gasteiger charge is 2.42. The van der Waals surface area contributed by atoms with Crippen molar-refractivity contribution in [3.63, 3.8) is 0 Å². The number of carboxylic acid groups (broad SMARTS) is 1. The Morgan fingerprint density at radius 3 is 2.60 bits per heavy atom. The summed E-state index contributed by atoms with van der Waals surface area (Å²) in [4.78, 5) is 26.8. The lowest BCUT2D eigenvalue weighted by Crippen LogP contribution is -2.57. The molecular weight excluding hydrogens is 264 g/mol. The van der Waals surface area contributed by atoms with Crippen LogP contribution < -0.4 is 0 Å². The fourth-order valence-electron chi connectivity index (χ4n) is 2.84. The summed E-state index contributed by atoms with van der Waals surface area (Å²) in [5.74, 6) is -1.07. The van der Waals surface area contributed by atoms with Crippen molar-refractivity contribution in [2.75, 3.05) is 19.7 Å². The Kier molecular flexibility index (Phi) is 4.49. The smallest absolute Gasteiger partial charge is 0.326 e. The summed E-state index contributed by atoms with van der Waals surface area (Å²) in [7, 11) is 0. The second-order valence-electron chi connectivity index (χ2n) is 5.54. The van der Waals surface area contributed by atoms with E-state index < -0.39 is 18.1 Å². The van der Waals surface area contributed by atoms with Crippen molar-refractivity contribution in [2.45, 2.75) is 51.0 Å². The maximum absolute atomic E-state index is 12.6. The number of ether oxygens (including phenoxy) is 1. The molecule has 0 bridgehead atoms. The highest BCUT2D eigenvalue weighted by Crippen LogP contribution is 2.23. The van der Waals surface area contributed by atoms with E-state index in [0.717, 1.165) is 6.42 Å². The minimum absolute atomic E-state index is 0.0362. The second-order valence-corrected chi connectivity index (χ2v) is 5.54. The number of urea groups is 1. The summed E-state index contributed by atoms with van der Waals surface area (Å²) in [6.45, 7) is 4.86. The fourth-order valence-corrected chi connectivity index (χ4v) is 2.84. The highest BCUT2D eigenvalue weighted by molar-refractivity contribution is 5.83. The third-order valence-corrected chi connectivity index (χ3v) is 3.99. The molecule has 2 unspecified atom stereocenters. The van der Waals surface area contributed by atoms with Crippen molar-refractivity contribution >= 4 is 12.0 Å². The monoisotopic (exact) mass is 286 g/mol. The Morgan fingerprint density at radius 2 is 2.00 bits per heavy atom. The number of morpholine rings is 1. The van der Waals surface area contributed by atoms with Crippen molar-refractivity contribution in [3.05, 3.63) is 0 Å². The molecule has 2 aliphatic heterocycles. The number of nitrogens with zero attached hydrogens (tertiary/aromatic N) is 2. The number of β-amino-alcohol motifs (C(OH)–C–C–N with tert-alkyl or cyclic N) is 1. The molecule has 2 fully saturated rings. The molecule has 0 aliphatic carbocycles. The van der Waals surface area contributed by atoms with Gasteiger partial charge in [-0.1, -0.05) is 6.92 Å². The van der Waals surface area contributed by atoms with Crippen molar-refractivity contribution in [1.29, 1.82) is 0 Å². The van der Waals surface area contributed by atoms with Gasteiger partial charge in [-0.15, -0.1) is 0 Å². The van der Waals surface area contributed by atoms with Crippen LogP contribution in [0.2, 0.25) is 0 Å². The Morgan fingerprint density at radius 1 is 1.30 bits per heavy atom. The van der Waals surface area contributed by atoms with E-state index in [2.05, 4.69) is 0 Å². The van der Waals surface area contributed by atoms with Crippen LogP contribution in [0.4, 0.5) is 4.79 Å². The van der Waals surface area contributed by atoms with Crippen LogP contribution in [0.1, 0.15) is 26.7 Å². The number of carbonyl (C=O) groups excluding carboxylic acids is 1. The number of carbonyl (C=O) groups is 2. The van der Waals surface area contributed by atoms with Gasteiger partial charge in [0, 0.05) is 19.5 Å². The van der Waals surface area contributed by atoms with Crippen molar-refractivity contribution in [1.82, 2.24) is 9.80 Å². The first-order chi connectivity index (χ1) is 9.43. The number of carboxylic acids is 1. The van der Waals surface area contributed by atoms with Gasteiger partial charge in [0.25, 0.3) is 0 Å². The maximum atomic E-state index is 12.6. The molecule has 0 radical (unpaired) electrons. The summed E-state index contributed by atoms with van der Waals surface area (Å²) < 4.78 is 5.54. The maximum Gasteiger partial charge on any atom is 0.326 e. The Balaban J connectivity index is 2.13. The largest absolute Gasteiger partial charge is 0.480 e. The quantitative estimate of drug-likeness (QED) is 0.753. The summed E-state index contributed by atoms with van der Waals surface area (Å²) in [5.41, 5.74) is 0. The van der Waals surface area contributed by atoms with E-state index in [9.17, 15) is 19.8 Å². The first kappa shape index (κ1) is 15.1. The summed E-state index contributed by atoms with van der Waals surface area (Å²) in [5, 5.41) is 18.8. The second kappa shape index (κ2) is 5.97. The van der Waals surface area contributed by atoms with Gasteiger partial charge in [0.2, 0.25) is 0 Å². The van der Waals surface area contributed by atoms with E-state index in [4.69, 9.17) is 4.74 Å². The van der Waals surface area contributed by atoms with Gasteiger partial charge in [0.15, 0.2) is 0 Å². The number of hydrogen-bond donors (Lipinski definition) is 2. The molecule has 2 N–H and O–H groups in total. The SMILES string of the molecule is CCC1COC(C)CN1C(=O)N1C[C@H](O)C[C@H]1C(=O)O. The molecule has 0 aromatic rings. The molecule has 7 nitrogen and oxygen atoms in total. The average molecular weight is 286 g/mol. The number of aliphatic hydroxyl groups is 1. The molecule has 2 rings (SSSR count). The van der Waals surface area contributed by atoms with E-state index in [-0.39, 0.29) is 31.1 Å². The number of aliphatic hydroxyl groups excluding tert-OH is 1. The molecule has 114 valence electrons. The third-order valence-electron chi connectivity index (χ3n) is 3.99. The van der Waals surface area contributed by atoms with Crippen LogP contribution in [-0.4, -0.2) is 76.0 Å². The first-order valence-electron chi connectivity index (χ1n) is 7.03. The lowest BCUT2D eigenvalue weighted by Gasteiger charge is -2.40. The van der Waals surface area contributed by atoms with Crippen LogP contribution in [0.25, 0.3) is 0 Å². The Bertz CT molecular complexity index is 389. The Hall–Kier alpha value is -1.34. The van der Waals surface area contributed by atoms with Crippen molar-refractivity contribution in [3.8, 4) is 0 Å². The van der Waals surface area contributed by atoms with E-state index >= 15 is 0 Å². The van der Waals surface area contributed by atoms with Gasteiger partial charge < -0.3 is 24.7 Å². The van der Waals surface area contributed by atoms with Gasteiger partial charge in [-0.2, -0.15) is 0 Å². The minimum Gasteiger partial charge on any atom is -0.480 e. The van der Waals surface area contributed by atoms with Crippen LogP contribution in [-0.2, 0) is 9.53 Å². The van der Waals surface area contributed by atoms with Gasteiger partial charge in [0.05, 0.1) is 24.9 Å². The van der Waals surface area contributed by atoms with Crippen LogP contribution >= 0.6 is 0 Å². The van der Waals surface area contributed by atoms with Crippen molar-refractivity contribution in [2.24, 2.45) is 0 Å². The van der Waals surface area contributed by atoms with Crippen LogP contribution in [0.15, 0.2) is 0 Å². The van der Waals surface area contributed by atoms with E-state index in [0.29, 0.717) is 13.2 Å². The molecule has 0 spiro atoms. The number of amides is 2. The summed E-state index contributed by atoms with van der Waals surface area (Å²) in [6.07, 6.45) is 0.0285. The predicted octanol–water partition coefficient (Wildman–Crippen LogP) is 0.125. The number of rotatable bonds is 2. The molecule has 2 aliphatic rings. The Labute approximate surface area is 118 Å². The lowest BCUT2D eigenvalue weighted by molar-refractivity contribution is -0.141. The normalized spacial score (nSPS) is 34.4. The molecule has 20 heavy (non-hydrogen) atoms. The van der Waals surface area contributed by atoms with E-state index in [1.807, 2.05) is 13.8 Å². The molecular formula is C13H22N2O5. The molecule has 4 atom stereocenters. The topological polar surface area (TPSA) is 90.3 Å². The van der Waals surface area contributed by atoms with Crippen LogP contribution in [0.3, 0.4) is 0 Å². The highest BCUT2D eigenvalue weighted by atomic mass is 16.5. The molecule has 2 saturated heterocycles. The first-order valence-corrected chi connectivity index (χ1v) is 7.03. The van der Waals surface area contributed by atoms with Crippen LogP contribution in [0.5, 0.6) is 0 Å². The van der Waals surface area contributed by atoms with Gasteiger partial charge in [-0.05, 0) is 13.3 Å². The predicted molar refractivity (Wildman–Crippen MR) is 70.3 cm³/mol. The standard InChI is InChI=1S/C13H22N2O5/c1-3-9-7-20-8(2)5-14(9)13(19)15-6-10(16)4-11(15)12(17)18/h8-11,16H,3-7H2,1-2H3,(H,17,18)/t8?,9?,10-,11+/m1/s1. The van der Waals surface area contributed by atoms with Gasteiger partial charge in [-0.3, -0.25) is 0 Å². The van der Waals surface area contributed by atoms with Gasteiger partial charge >= 0.3 is 12.0 Å². The lowest BCUT2D eigenvalue weighted by atomic mass is 10.1. The fraction of sp³-hybridized carbons (Fsp3) is 0.846. The minimum atomic E-state index is -1.07. The summed E-state index contributed by atoms with van der Waals surface area (Å²) in [6, 6.07) is -1.28. The van der Waals surface area contributed by atoms with Gasteiger partial charge in [-0.25, -0.2) is 9.59 Å². The molecule has 0 saturated carbocycles. The van der Waals surface area contributed by atoms with Crippen molar-refractivity contribution < 1.29 is 24.5 Å². The van der Waals surface area contributed by atoms with Gasteiger partial charge in [0.1, 0.15) is 6.04 Å². The zero-order valence-corrected chi connectivity index (χ0v) is 11.9. The molecule has 7 heteroatoms. The zero-order chi connectivity index (χ0) is 14.9. The third kappa shape index (κ3) is 2.88. The summed E-state index contributed by atoms with van der Waals surface area (Å²) >= 11 is 0. The number of aliphatic carboxylic acids is 1. The zero-order valence-electron chi connectivity index (χ0n) is 11.9. The molecule has 0 aromatic heterocycles. The van der Waals surface area contributed by atoms with E-state index in [1.54, 1.807) is 4.90 Å². The average Bonchev–Trinajstić information content (AvgIpc) is 2.80. The number of hydrogen-bond acceptors (Lipinski definition) is 4. The van der Waals surface area contributed by atoms with Crippen LogP contribution in [0, 0.1) is 0 Å². The molecule has 2 heterocycles. The van der Waals surface area contributed by atoms with E-state index in [1.165, 1.54) is 4.90 Å². The number of likely N-dealkylation sites (tertiary alicyclic amines) is 1. The molecule has 0 aromatic carbocycles.